The van der Waals surface area contributed by atoms with Gasteiger partial charge in [-0.3, -0.25) is 4.79 Å². The first kappa shape index (κ1) is 13.3. The van der Waals surface area contributed by atoms with Gasteiger partial charge in [-0.05, 0) is 37.8 Å². The quantitative estimate of drug-likeness (QED) is 0.856. The zero-order valence-corrected chi connectivity index (χ0v) is 11.1. The number of carbonyl (C=O) groups is 1. The van der Waals surface area contributed by atoms with Crippen molar-refractivity contribution in [2.75, 3.05) is 13.2 Å². The second-order valence-corrected chi connectivity index (χ2v) is 4.94. The normalized spacial score (nSPS) is 18.3. The molecule has 18 heavy (non-hydrogen) atoms. The van der Waals surface area contributed by atoms with Crippen LogP contribution in [0.25, 0.3) is 0 Å². The van der Waals surface area contributed by atoms with Crippen molar-refractivity contribution in [3.05, 3.63) is 29.0 Å². The summed E-state index contributed by atoms with van der Waals surface area (Å²) in [6.07, 6.45) is 1.98. The highest BCUT2D eigenvalue weighted by molar-refractivity contribution is 6.29. The van der Waals surface area contributed by atoms with Gasteiger partial charge < -0.3 is 10.1 Å². The molecule has 2 heterocycles. The maximum atomic E-state index is 12.0. The lowest BCUT2D eigenvalue weighted by atomic mass is 9.93. The standard InChI is InChI=1S/C13H17ClN2O2/c1-9(10-5-7-18-8-6-10)15-13(17)11-3-2-4-12(14)16-11/h2-4,9-10H,5-8H2,1H3,(H,15,17). The van der Waals surface area contributed by atoms with Gasteiger partial charge in [0.05, 0.1) is 0 Å². The molecule has 1 fully saturated rings. The van der Waals surface area contributed by atoms with Gasteiger partial charge in [0.2, 0.25) is 0 Å². The summed E-state index contributed by atoms with van der Waals surface area (Å²) in [5.74, 6) is 0.304. The Bertz CT molecular complexity index is 419. The lowest BCUT2D eigenvalue weighted by molar-refractivity contribution is 0.0537. The van der Waals surface area contributed by atoms with Crippen LogP contribution < -0.4 is 5.32 Å². The Labute approximate surface area is 112 Å². The van der Waals surface area contributed by atoms with Gasteiger partial charge in [-0.2, -0.15) is 0 Å². The molecule has 1 saturated heterocycles. The summed E-state index contributed by atoms with van der Waals surface area (Å²) in [5, 5.41) is 3.31. The van der Waals surface area contributed by atoms with Gasteiger partial charge in [-0.25, -0.2) is 4.98 Å². The molecule has 1 unspecified atom stereocenters. The predicted octanol–water partition coefficient (Wildman–Crippen LogP) is 2.28. The van der Waals surface area contributed by atoms with Crippen molar-refractivity contribution in [1.82, 2.24) is 10.3 Å². The van der Waals surface area contributed by atoms with Crippen LogP contribution in [0.2, 0.25) is 5.15 Å². The van der Waals surface area contributed by atoms with Crippen molar-refractivity contribution in [1.29, 1.82) is 0 Å². The fraction of sp³-hybridized carbons (Fsp3) is 0.538. The Kier molecular flexibility index (Phi) is 4.55. The van der Waals surface area contributed by atoms with Gasteiger partial charge >= 0.3 is 0 Å². The van der Waals surface area contributed by atoms with Crippen molar-refractivity contribution in [3.8, 4) is 0 Å². The first-order valence-electron chi connectivity index (χ1n) is 6.18. The molecule has 1 aromatic heterocycles. The van der Waals surface area contributed by atoms with E-state index in [0.717, 1.165) is 26.1 Å². The van der Waals surface area contributed by atoms with E-state index in [1.165, 1.54) is 0 Å². The molecule has 0 aliphatic carbocycles. The smallest absolute Gasteiger partial charge is 0.270 e. The van der Waals surface area contributed by atoms with Crippen LogP contribution in [0.3, 0.4) is 0 Å². The number of pyridine rings is 1. The third-order valence-electron chi connectivity index (χ3n) is 3.28. The van der Waals surface area contributed by atoms with E-state index < -0.39 is 0 Å². The molecule has 0 bridgehead atoms. The van der Waals surface area contributed by atoms with E-state index in [1.54, 1.807) is 18.2 Å². The van der Waals surface area contributed by atoms with E-state index in [-0.39, 0.29) is 11.9 Å². The predicted molar refractivity (Wildman–Crippen MR) is 69.7 cm³/mol. The highest BCUT2D eigenvalue weighted by Crippen LogP contribution is 2.18. The van der Waals surface area contributed by atoms with E-state index in [1.807, 2.05) is 6.92 Å². The molecule has 1 aromatic rings. The molecule has 98 valence electrons. The largest absolute Gasteiger partial charge is 0.381 e. The number of halogens is 1. The topological polar surface area (TPSA) is 51.2 Å². The molecule has 1 atom stereocenters. The zero-order chi connectivity index (χ0) is 13.0. The molecule has 0 radical (unpaired) electrons. The van der Waals surface area contributed by atoms with Crippen LogP contribution in [0.5, 0.6) is 0 Å². The van der Waals surface area contributed by atoms with Crippen LogP contribution in [0.15, 0.2) is 18.2 Å². The monoisotopic (exact) mass is 268 g/mol. The van der Waals surface area contributed by atoms with Gasteiger partial charge in [-0.15, -0.1) is 0 Å². The molecule has 0 aromatic carbocycles. The number of carbonyl (C=O) groups excluding carboxylic acids is 1. The summed E-state index contributed by atoms with van der Waals surface area (Å²) in [5.41, 5.74) is 0.362. The second-order valence-electron chi connectivity index (χ2n) is 4.56. The maximum Gasteiger partial charge on any atom is 0.270 e. The second kappa shape index (κ2) is 6.16. The summed E-state index contributed by atoms with van der Waals surface area (Å²) in [7, 11) is 0. The Morgan fingerprint density at radius 3 is 2.89 bits per heavy atom. The molecule has 1 aliphatic rings. The number of aromatic nitrogens is 1. The van der Waals surface area contributed by atoms with Gasteiger partial charge in [-0.1, -0.05) is 17.7 Å². The molecule has 4 nitrogen and oxygen atoms in total. The summed E-state index contributed by atoms with van der Waals surface area (Å²) >= 11 is 5.77. The molecule has 1 N–H and O–H groups in total. The number of hydrogen-bond donors (Lipinski definition) is 1. The van der Waals surface area contributed by atoms with Crippen molar-refractivity contribution in [2.45, 2.75) is 25.8 Å². The fourth-order valence-corrected chi connectivity index (χ4v) is 2.31. The average molecular weight is 269 g/mol. The number of nitrogens with zero attached hydrogens (tertiary/aromatic N) is 1. The lowest BCUT2D eigenvalue weighted by Crippen LogP contribution is -2.40. The maximum absolute atomic E-state index is 12.0. The molecule has 0 spiro atoms. The Hall–Kier alpha value is -1.13. The summed E-state index contributed by atoms with van der Waals surface area (Å²) in [6, 6.07) is 5.17. The van der Waals surface area contributed by atoms with E-state index in [9.17, 15) is 4.79 Å². The minimum atomic E-state index is -0.170. The van der Waals surface area contributed by atoms with Gasteiger partial charge in [0.15, 0.2) is 0 Å². The number of ether oxygens (including phenoxy) is 1. The van der Waals surface area contributed by atoms with Crippen molar-refractivity contribution in [3.63, 3.8) is 0 Å². The van der Waals surface area contributed by atoms with E-state index in [2.05, 4.69) is 10.3 Å². The Morgan fingerprint density at radius 1 is 1.50 bits per heavy atom. The van der Waals surface area contributed by atoms with Crippen molar-refractivity contribution in [2.24, 2.45) is 5.92 Å². The van der Waals surface area contributed by atoms with Crippen LogP contribution in [0.1, 0.15) is 30.3 Å². The minimum absolute atomic E-state index is 0.127. The van der Waals surface area contributed by atoms with Crippen LogP contribution in [-0.2, 0) is 4.74 Å². The van der Waals surface area contributed by atoms with Gasteiger partial charge in [0, 0.05) is 19.3 Å². The Morgan fingerprint density at radius 2 is 2.22 bits per heavy atom. The number of hydrogen-bond acceptors (Lipinski definition) is 3. The number of rotatable bonds is 3. The van der Waals surface area contributed by atoms with E-state index >= 15 is 0 Å². The third-order valence-corrected chi connectivity index (χ3v) is 3.49. The zero-order valence-electron chi connectivity index (χ0n) is 10.4. The van der Waals surface area contributed by atoms with Gasteiger partial charge in [0.1, 0.15) is 10.8 Å². The summed E-state index contributed by atoms with van der Waals surface area (Å²) in [6.45, 7) is 3.58. The number of nitrogens with one attached hydrogen (secondary N) is 1. The molecular weight excluding hydrogens is 252 g/mol. The molecular formula is C13H17ClN2O2. The SMILES string of the molecule is CC(NC(=O)c1cccc(Cl)n1)C1CCOCC1. The summed E-state index contributed by atoms with van der Waals surface area (Å²) < 4.78 is 5.31. The molecule has 5 heteroatoms. The van der Waals surface area contributed by atoms with E-state index in [4.69, 9.17) is 16.3 Å². The first-order chi connectivity index (χ1) is 8.66. The van der Waals surface area contributed by atoms with Crippen LogP contribution in [-0.4, -0.2) is 30.1 Å². The van der Waals surface area contributed by atoms with Crippen molar-refractivity contribution < 1.29 is 9.53 Å². The fourth-order valence-electron chi connectivity index (χ4n) is 2.15. The molecule has 0 saturated carbocycles. The van der Waals surface area contributed by atoms with Crippen LogP contribution >= 0.6 is 11.6 Å². The Balaban J connectivity index is 1.94. The van der Waals surface area contributed by atoms with Gasteiger partial charge in [0.25, 0.3) is 5.91 Å². The van der Waals surface area contributed by atoms with Crippen molar-refractivity contribution >= 4 is 17.5 Å². The molecule has 2 rings (SSSR count). The highest BCUT2D eigenvalue weighted by Gasteiger charge is 2.22. The summed E-state index contributed by atoms with van der Waals surface area (Å²) in [4.78, 5) is 16.0. The number of amides is 1. The minimum Gasteiger partial charge on any atom is -0.381 e. The molecule has 1 aliphatic heterocycles. The van der Waals surface area contributed by atoms with E-state index in [0.29, 0.717) is 16.8 Å². The average Bonchev–Trinajstić information content (AvgIpc) is 2.39. The third kappa shape index (κ3) is 3.43. The first-order valence-corrected chi connectivity index (χ1v) is 6.56. The van der Waals surface area contributed by atoms with Crippen LogP contribution in [0.4, 0.5) is 0 Å². The lowest BCUT2D eigenvalue weighted by Gasteiger charge is -2.28. The highest BCUT2D eigenvalue weighted by atomic mass is 35.5. The van der Waals surface area contributed by atoms with Crippen LogP contribution in [0, 0.1) is 5.92 Å². The molecule has 1 amide bonds.